The van der Waals surface area contributed by atoms with Gasteiger partial charge in [0.1, 0.15) is 5.60 Å². The molecule has 5 heteroatoms. The molecule has 1 aliphatic carbocycles. The van der Waals surface area contributed by atoms with Gasteiger partial charge in [-0.1, -0.05) is 0 Å². The van der Waals surface area contributed by atoms with E-state index in [0.29, 0.717) is 13.0 Å². The number of hydrogen-bond acceptors (Lipinski definition) is 4. The number of hydroxylamine groups is 2. The van der Waals surface area contributed by atoms with E-state index in [9.17, 15) is 9.59 Å². The lowest BCUT2D eigenvalue weighted by molar-refractivity contribution is -0.167. The summed E-state index contributed by atoms with van der Waals surface area (Å²) in [4.78, 5) is 27.0. The van der Waals surface area contributed by atoms with Crippen LogP contribution >= 0.6 is 0 Å². The summed E-state index contributed by atoms with van der Waals surface area (Å²) in [6.45, 7) is 2.32. The largest absolute Gasteiger partial charge is 0.534 e. The normalized spacial score (nSPS) is 23.5. The van der Waals surface area contributed by atoms with Gasteiger partial charge < -0.3 is 9.57 Å². The topological polar surface area (TPSA) is 55.8 Å². The van der Waals surface area contributed by atoms with E-state index in [1.54, 1.807) is 0 Å². The third-order valence-electron chi connectivity index (χ3n) is 2.50. The fourth-order valence-electron chi connectivity index (χ4n) is 1.31. The molecule has 1 saturated heterocycles. The van der Waals surface area contributed by atoms with Crippen molar-refractivity contribution in [1.29, 1.82) is 0 Å². The van der Waals surface area contributed by atoms with Crippen LogP contribution < -0.4 is 0 Å². The number of ether oxygens (including phenoxy) is 1. The first-order valence-corrected chi connectivity index (χ1v) is 4.80. The molecule has 0 bridgehead atoms. The molecule has 14 heavy (non-hydrogen) atoms. The molecule has 1 amide bonds. The third-order valence-corrected chi connectivity index (χ3v) is 2.50. The molecule has 0 aromatic carbocycles. The lowest BCUT2D eigenvalue weighted by Gasteiger charge is -2.16. The minimum atomic E-state index is -0.764. The van der Waals surface area contributed by atoms with Crippen LogP contribution in [0.2, 0.25) is 0 Å². The number of carbonyl (C=O) groups excluding carboxylic acids is 2. The Morgan fingerprint density at radius 3 is 2.71 bits per heavy atom. The van der Waals surface area contributed by atoms with Gasteiger partial charge in [-0.25, -0.2) is 4.79 Å². The summed E-state index contributed by atoms with van der Waals surface area (Å²) in [5.41, 5.74) is -0.347. The maximum atomic E-state index is 11.2. The highest BCUT2D eigenvalue weighted by atomic mass is 16.8. The van der Waals surface area contributed by atoms with Crippen LogP contribution in [-0.2, 0) is 14.4 Å². The van der Waals surface area contributed by atoms with Crippen LogP contribution in [0.1, 0.15) is 32.6 Å². The van der Waals surface area contributed by atoms with Crippen molar-refractivity contribution in [2.24, 2.45) is 0 Å². The number of carbonyl (C=O) groups is 2. The molecule has 2 aliphatic rings. The number of amides is 1. The maximum absolute atomic E-state index is 11.2. The molecule has 1 heterocycles. The molecule has 1 aliphatic heterocycles. The second-order valence-corrected chi connectivity index (χ2v) is 3.99. The van der Waals surface area contributed by atoms with E-state index in [0.717, 1.165) is 24.3 Å². The molecular weight excluding hydrogens is 186 g/mol. The van der Waals surface area contributed by atoms with Gasteiger partial charge >= 0.3 is 6.16 Å². The predicted molar refractivity (Wildman–Crippen MR) is 46.2 cm³/mol. The summed E-state index contributed by atoms with van der Waals surface area (Å²) in [5.74, 6) is -0.150. The van der Waals surface area contributed by atoms with Crippen LogP contribution in [0.4, 0.5) is 4.79 Å². The van der Waals surface area contributed by atoms with Crippen molar-refractivity contribution in [3.05, 3.63) is 0 Å². The van der Waals surface area contributed by atoms with Crippen molar-refractivity contribution in [3.8, 4) is 0 Å². The van der Waals surface area contributed by atoms with Gasteiger partial charge in [0.05, 0.1) is 6.54 Å². The van der Waals surface area contributed by atoms with Crippen molar-refractivity contribution >= 4 is 12.1 Å². The maximum Gasteiger partial charge on any atom is 0.534 e. The Morgan fingerprint density at radius 2 is 2.21 bits per heavy atom. The van der Waals surface area contributed by atoms with E-state index in [1.165, 1.54) is 0 Å². The van der Waals surface area contributed by atoms with E-state index in [1.807, 2.05) is 6.92 Å². The molecule has 0 aromatic heterocycles. The summed E-state index contributed by atoms with van der Waals surface area (Å²) >= 11 is 0. The highest BCUT2D eigenvalue weighted by Gasteiger charge is 2.43. The highest BCUT2D eigenvalue weighted by Crippen LogP contribution is 2.39. The van der Waals surface area contributed by atoms with Gasteiger partial charge in [-0.05, 0) is 26.2 Å². The van der Waals surface area contributed by atoms with E-state index >= 15 is 0 Å². The van der Waals surface area contributed by atoms with Crippen LogP contribution in [0.15, 0.2) is 0 Å². The summed E-state index contributed by atoms with van der Waals surface area (Å²) in [6.07, 6.45) is 2.17. The third kappa shape index (κ3) is 1.97. The Labute approximate surface area is 81.9 Å². The fraction of sp³-hybridized carbons (Fsp3) is 0.778. The van der Waals surface area contributed by atoms with Crippen LogP contribution in [0.5, 0.6) is 0 Å². The fourth-order valence-corrected chi connectivity index (χ4v) is 1.31. The van der Waals surface area contributed by atoms with E-state index in [2.05, 4.69) is 0 Å². The van der Waals surface area contributed by atoms with E-state index < -0.39 is 6.16 Å². The number of hydrogen-bond donors (Lipinski definition) is 0. The van der Waals surface area contributed by atoms with Crippen LogP contribution in [0, 0.1) is 0 Å². The van der Waals surface area contributed by atoms with Crippen LogP contribution in [0.3, 0.4) is 0 Å². The average molecular weight is 199 g/mol. The SMILES string of the molecule is CC1(OC(=O)ON2CCCC2=O)CC1. The first-order valence-electron chi connectivity index (χ1n) is 4.80. The van der Waals surface area contributed by atoms with Crippen molar-refractivity contribution in [1.82, 2.24) is 5.06 Å². The van der Waals surface area contributed by atoms with Crippen LogP contribution in [-0.4, -0.2) is 29.3 Å². The first-order chi connectivity index (χ1) is 6.59. The molecule has 0 unspecified atom stereocenters. The minimum Gasteiger partial charge on any atom is -0.426 e. The molecule has 0 aromatic rings. The van der Waals surface area contributed by atoms with Crippen molar-refractivity contribution in [2.45, 2.75) is 38.2 Å². The van der Waals surface area contributed by atoms with Crippen molar-refractivity contribution in [3.63, 3.8) is 0 Å². The van der Waals surface area contributed by atoms with E-state index in [4.69, 9.17) is 9.57 Å². The molecular formula is C9H13NO4. The number of nitrogens with zero attached hydrogens (tertiary/aromatic N) is 1. The smallest absolute Gasteiger partial charge is 0.426 e. The molecule has 78 valence electrons. The molecule has 5 nitrogen and oxygen atoms in total. The molecule has 0 atom stereocenters. The quantitative estimate of drug-likeness (QED) is 0.627. The highest BCUT2D eigenvalue weighted by molar-refractivity contribution is 5.78. The summed E-state index contributed by atoms with van der Waals surface area (Å²) in [7, 11) is 0. The zero-order chi connectivity index (χ0) is 10.2. The van der Waals surface area contributed by atoms with Crippen LogP contribution in [0.25, 0.3) is 0 Å². The predicted octanol–water partition coefficient (Wildman–Crippen LogP) is 1.23. The molecule has 0 spiro atoms. The molecule has 1 saturated carbocycles. The van der Waals surface area contributed by atoms with Gasteiger partial charge in [0.2, 0.25) is 0 Å². The minimum absolute atomic E-state index is 0.150. The van der Waals surface area contributed by atoms with Gasteiger partial charge in [0.15, 0.2) is 0 Å². The Hall–Kier alpha value is -1.26. The van der Waals surface area contributed by atoms with Gasteiger partial charge in [-0.3, -0.25) is 4.79 Å². The molecule has 0 radical (unpaired) electrons. The number of rotatable bonds is 2. The van der Waals surface area contributed by atoms with Gasteiger partial charge in [0.25, 0.3) is 5.91 Å². The second-order valence-electron chi connectivity index (χ2n) is 3.99. The lowest BCUT2D eigenvalue weighted by atomic mass is 10.4. The summed E-state index contributed by atoms with van der Waals surface area (Å²) < 4.78 is 5.00. The first kappa shape index (κ1) is 9.30. The lowest BCUT2D eigenvalue weighted by Crippen LogP contribution is -2.30. The van der Waals surface area contributed by atoms with Crippen molar-refractivity contribution < 1.29 is 19.2 Å². The molecule has 2 rings (SSSR count). The summed E-state index contributed by atoms with van der Waals surface area (Å²) in [5, 5.41) is 1.08. The van der Waals surface area contributed by atoms with Gasteiger partial charge in [0, 0.05) is 6.42 Å². The van der Waals surface area contributed by atoms with E-state index in [-0.39, 0.29) is 11.5 Å². The average Bonchev–Trinajstić information content (AvgIpc) is 2.67. The summed E-state index contributed by atoms with van der Waals surface area (Å²) in [6, 6.07) is 0. The Kier molecular flexibility index (Phi) is 2.09. The monoisotopic (exact) mass is 199 g/mol. The zero-order valence-electron chi connectivity index (χ0n) is 8.12. The molecule has 0 N–H and O–H groups in total. The Morgan fingerprint density at radius 1 is 1.50 bits per heavy atom. The Bertz CT molecular complexity index is 272. The van der Waals surface area contributed by atoms with Gasteiger partial charge in [-0.2, -0.15) is 5.06 Å². The standard InChI is InChI=1S/C9H13NO4/c1-9(4-5-9)13-8(12)14-10-6-2-3-7(10)11/h2-6H2,1H3. The van der Waals surface area contributed by atoms with Gasteiger partial charge in [-0.15, -0.1) is 0 Å². The zero-order valence-corrected chi connectivity index (χ0v) is 8.12. The Balaban J connectivity index is 1.79. The van der Waals surface area contributed by atoms with Crippen molar-refractivity contribution in [2.75, 3.05) is 6.54 Å². The second kappa shape index (κ2) is 3.15. The molecule has 2 fully saturated rings.